The van der Waals surface area contributed by atoms with Crippen LogP contribution in [0, 0.1) is 5.92 Å². The molecule has 2 N–H and O–H groups in total. The molecule has 1 aliphatic rings. The van der Waals surface area contributed by atoms with Gasteiger partial charge in [0.1, 0.15) is 6.04 Å². The predicted octanol–water partition coefficient (Wildman–Crippen LogP) is 2.61. The number of nitrogens with zero attached hydrogens (tertiary/aromatic N) is 1. The average Bonchev–Trinajstić information content (AvgIpc) is 3.01. The number of likely N-dealkylation sites (tertiary alicyclic amines) is 1. The Labute approximate surface area is 159 Å². The van der Waals surface area contributed by atoms with E-state index >= 15 is 0 Å². The Bertz CT molecular complexity index is 576. The van der Waals surface area contributed by atoms with Gasteiger partial charge in [0.15, 0.2) is 0 Å². The van der Waals surface area contributed by atoms with E-state index in [4.69, 9.17) is 6.11 Å². The van der Waals surface area contributed by atoms with Crippen LogP contribution in [0.5, 0.6) is 0 Å². The third kappa shape index (κ3) is 5.70. The summed E-state index contributed by atoms with van der Waals surface area (Å²) < 4.78 is 11.9. The summed E-state index contributed by atoms with van der Waals surface area (Å²) in [5, 5.41) is 11.1. The van der Waals surface area contributed by atoms with Crippen LogP contribution in [0.25, 0.3) is 0 Å². The van der Waals surface area contributed by atoms with Crippen LogP contribution in [-0.2, 0) is 14.3 Å². The first-order valence-electron chi connectivity index (χ1n) is 9.42. The zero-order valence-corrected chi connectivity index (χ0v) is 16.3. The number of unbranched alkanes of at least 4 members (excludes halogenated alkanes) is 1. The number of carbonyl (C=O) groups is 4. The molecule has 0 saturated carbocycles. The first-order valence-corrected chi connectivity index (χ1v) is 9.83. The number of hydrogen-bond donors (Lipinski definition) is 2. The lowest BCUT2D eigenvalue weighted by Crippen LogP contribution is -2.60. The number of ether oxygens (including phenoxy) is 1. The molecule has 1 fully saturated rings. The second-order valence-electron chi connectivity index (χ2n) is 6.51. The fourth-order valence-electron chi connectivity index (χ4n) is 2.96. The first-order chi connectivity index (χ1) is 12.7. The molecule has 0 bridgehead atoms. The van der Waals surface area contributed by atoms with Gasteiger partial charge in [-0.1, -0.05) is 25.1 Å². The molecule has 0 aliphatic carbocycles. The minimum atomic E-state index is -1.50. The number of carbonyl (C=O) groups excluding carboxylic acids is 3. The lowest BCUT2D eigenvalue weighted by molar-refractivity contribution is -0.793. The van der Waals surface area contributed by atoms with E-state index in [-0.39, 0.29) is 24.9 Å². The highest BCUT2D eigenvalue weighted by Crippen LogP contribution is 2.30. The summed E-state index contributed by atoms with van der Waals surface area (Å²) in [6, 6.07) is -0.304. The first kappa shape index (κ1) is 20.7. The third-order valence-corrected chi connectivity index (χ3v) is 5.62. The van der Waals surface area contributed by atoms with E-state index in [1.54, 1.807) is 13.8 Å². The number of alkyl carbamates (subject to hydrolysis) is 1. The minimum Gasteiger partial charge on any atom is -0.450 e. The van der Waals surface area contributed by atoms with Crippen LogP contribution in [0.2, 0.25) is 0 Å². The number of carboxylic acid groups (broad SMARTS) is 1. The Kier molecular flexibility index (Phi) is 8.37. The second-order valence-corrected chi connectivity index (χ2v) is 7.54. The molecule has 148 valence electrons. The Balaban J connectivity index is 2.53. The molecule has 8 nitrogen and oxygen atoms in total. The normalized spacial score (nSPS) is 25.0. The van der Waals surface area contributed by atoms with Gasteiger partial charge in [0.2, 0.25) is 5.12 Å². The molecule has 4 atom stereocenters. The summed E-state index contributed by atoms with van der Waals surface area (Å²) in [5.41, 5.74) is 0. The van der Waals surface area contributed by atoms with Crippen LogP contribution in [0.1, 0.15) is 47.8 Å². The quantitative estimate of drug-likeness (QED) is 0.484. The van der Waals surface area contributed by atoms with Crippen LogP contribution < -0.4 is 5.32 Å². The topological polar surface area (TPSA) is 110 Å². The van der Waals surface area contributed by atoms with Crippen LogP contribution in [-0.4, -0.2) is 64.3 Å². The van der Waals surface area contributed by atoms with Crippen molar-refractivity contribution in [3.8, 4) is 0 Å². The number of quaternary nitrogens is 1. The highest BCUT2D eigenvalue weighted by Gasteiger charge is 2.54. The van der Waals surface area contributed by atoms with Gasteiger partial charge < -0.3 is 15.2 Å². The molecule has 0 aromatic rings. The van der Waals surface area contributed by atoms with Crippen LogP contribution in [0.3, 0.4) is 0 Å². The van der Waals surface area contributed by atoms with Gasteiger partial charge in [0.25, 0.3) is 0 Å². The molecule has 1 heterocycles. The van der Waals surface area contributed by atoms with Gasteiger partial charge >= 0.3 is 18.1 Å². The molecule has 0 spiro atoms. The number of imide groups is 1. The Morgan fingerprint density at radius 1 is 1.42 bits per heavy atom. The molecule has 26 heavy (non-hydrogen) atoms. The highest BCUT2D eigenvalue weighted by atomic mass is 32.2. The smallest absolute Gasteiger partial charge is 0.450 e. The molecule has 3 unspecified atom stereocenters. The lowest BCUT2D eigenvalue weighted by Gasteiger charge is -2.31. The maximum absolute atomic E-state index is 12.8. The summed E-state index contributed by atoms with van der Waals surface area (Å²) in [6.07, 6.45) is 0.881. The zero-order valence-electron chi connectivity index (χ0n) is 16.5. The number of rotatable bonds is 8. The molecule has 1 aliphatic heterocycles. The van der Waals surface area contributed by atoms with Crippen molar-refractivity contribution >= 4 is 35.0 Å². The van der Waals surface area contributed by atoms with E-state index < -0.39 is 40.1 Å². The van der Waals surface area contributed by atoms with Gasteiger partial charge in [-0.3, -0.25) is 4.79 Å². The van der Waals surface area contributed by atoms with Gasteiger partial charge in [-0.05, 0) is 20.3 Å². The van der Waals surface area contributed by atoms with E-state index in [0.29, 0.717) is 19.3 Å². The van der Waals surface area contributed by atoms with Crippen LogP contribution in [0.15, 0.2) is 0 Å². The summed E-state index contributed by atoms with van der Waals surface area (Å²) in [7, 11) is 0. The Morgan fingerprint density at radius 2 is 2.12 bits per heavy atom. The monoisotopic (exact) mass is 390 g/mol. The molecule has 3 amide bonds. The average molecular weight is 391 g/mol. The van der Waals surface area contributed by atoms with Crippen molar-refractivity contribution in [3.05, 3.63) is 0 Å². The second kappa shape index (κ2) is 10.5. The zero-order chi connectivity index (χ0) is 20.6. The maximum Gasteiger partial charge on any atom is 0.521 e. The molecular formula is C17H29N2O6S+. The summed E-state index contributed by atoms with van der Waals surface area (Å²) in [6.45, 7) is 4.25. The number of hydrogen-bond acceptors (Lipinski definition) is 6. The molecule has 1 saturated heterocycles. The SMILES string of the molecule is [2H]C(NC(=O)OCCCC)C(=O)SCC(C)C(=O)[N+]1(C(=O)O)CCC[C@H]1C. The number of nitrogens with one attached hydrogen (secondary N) is 1. The molecule has 0 radical (unpaired) electrons. The van der Waals surface area contributed by atoms with E-state index in [0.717, 1.165) is 18.2 Å². The molecule has 1 rings (SSSR count). The van der Waals surface area contributed by atoms with E-state index in [2.05, 4.69) is 5.32 Å². The van der Waals surface area contributed by atoms with Crippen molar-refractivity contribution in [2.75, 3.05) is 25.4 Å². The summed E-state index contributed by atoms with van der Waals surface area (Å²) >= 11 is 0.741. The minimum absolute atomic E-state index is 0.0552. The third-order valence-electron chi connectivity index (χ3n) is 4.56. The lowest BCUT2D eigenvalue weighted by atomic mass is 10.1. The van der Waals surface area contributed by atoms with Gasteiger partial charge in [-0.25, -0.2) is 9.59 Å². The number of thioether (sulfide) groups is 1. The van der Waals surface area contributed by atoms with Gasteiger partial charge in [0, 0.05) is 18.6 Å². The largest absolute Gasteiger partial charge is 0.521 e. The fourth-order valence-corrected chi connectivity index (χ4v) is 3.66. The highest BCUT2D eigenvalue weighted by molar-refractivity contribution is 8.13. The van der Waals surface area contributed by atoms with Crippen molar-refractivity contribution in [2.45, 2.75) is 52.5 Å². The predicted molar refractivity (Wildman–Crippen MR) is 97.7 cm³/mol. The fraction of sp³-hybridized carbons (Fsp3) is 0.765. The number of amides is 3. The van der Waals surface area contributed by atoms with Crippen molar-refractivity contribution in [2.24, 2.45) is 5.92 Å². The molecule has 0 aromatic carbocycles. The van der Waals surface area contributed by atoms with E-state index in [9.17, 15) is 24.3 Å². The van der Waals surface area contributed by atoms with E-state index in [1.807, 2.05) is 6.92 Å². The maximum atomic E-state index is 12.8. The van der Waals surface area contributed by atoms with Crippen molar-refractivity contribution in [3.63, 3.8) is 0 Å². The van der Waals surface area contributed by atoms with Gasteiger partial charge in [-0.15, -0.1) is 0 Å². The van der Waals surface area contributed by atoms with Crippen molar-refractivity contribution in [1.82, 2.24) is 5.32 Å². The van der Waals surface area contributed by atoms with E-state index in [1.165, 1.54) is 0 Å². The Morgan fingerprint density at radius 3 is 2.65 bits per heavy atom. The van der Waals surface area contributed by atoms with Gasteiger partial charge in [-0.2, -0.15) is 9.28 Å². The summed E-state index contributed by atoms with van der Waals surface area (Å²) in [5.74, 6) is -1.04. The standard InChI is InChI=1S/C17H28N2O6S/c1-4-5-9-25-16(22)18-10-14(20)26-11-12(2)15(21)19(17(23)24)8-6-7-13(19)3/h12-13H,4-11H2,1-3H3,(H-,18,22,23,24)/p+1/t12?,13-,19?/m1/s1/i10D/t10?,12?,13-,19?. The van der Waals surface area contributed by atoms with Crippen molar-refractivity contribution in [1.29, 1.82) is 0 Å². The summed E-state index contributed by atoms with van der Waals surface area (Å²) in [4.78, 5) is 48.0. The molecule has 9 heteroatoms. The molecule has 0 aromatic heterocycles. The van der Waals surface area contributed by atoms with Crippen LogP contribution in [0.4, 0.5) is 9.59 Å². The van der Waals surface area contributed by atoms with Crippen molar-refractivity contribution < 1.29 is 34.9 Å². The molecular weight excluding hydrogens is 360 g/mol. The van der Waals surface area contributed by atoms with Crippen LogP contribution >= 0.6 is 11.8 Å². The van der Waals surface area contributed by atoms with Gasteiger partial charge in [0.05, 0.1) is 27.0 Å². The Hall–Kier alpha value is -1.61.